The number of hydrogen-bond acceptors (Lipinski definition) is 4. The predicted octanol–water partition coefficient (Wildman–Crippen LogP) is -0.817. The number of allylic oxidation sites excluding steroid dienone is 1. The first-order valence-corrected chi connectivity index (χ1v) is 3.33. The first-order chi connectivity index (χ1) is 5.13. The normalized spacial score (nSPS) is 12.2. The Kier molecular flexibility index (Phi) is 4.14. The molecule has 0 atom stereocenters. The Bertz CT molecular complexity index is 165. The third-order valence-corrected chi connectivity index (χ3v) is 1.36. The molecular formula is C7H15N3O. The molecule has 11 heavy (non-hydrogen) atoms. The first kappa shape index (κ1) is 9.84. The quantitative estimate of drug-likeness (QED) is 0.466. The van der Waals surface area contributed by atoms with Crippen LogP contribution in [0, 0.1) is 0 Å². The van der Waals surface area contributed by atoms with Crippen LogP contribution in [0.25, 0.3) is 0 Å². The van der Waals surface area contributed by atoms with Gasteiger partial charge in [0.25, 0.3) is 0 Å². The van der Waals surface area contributed by atoms with Crippen LogP contribution in [0.15, 0.2) is 24.2 Å². The van der Waals surface area contributed by atoms with Crippen LogP contribution in [0.4, 0.5) is 0 Å². The fraction of sp³-hybridized carbons (Fsp3) is 0.429. The van der Waals surface area contributed by atoms with Crippen molar-refractivity contribution >= 4 is 0 Å². The minimum atomic E-state index is 0.0572. The van der Waals surface area contributed by atoms with Crippen molar-refractivity contribution in [3.8, 4) is 0 Å². The largest absolute Gasteiger partial charge is 0.396 e. The van der Waals surface area contributed by atoms with Gasteiger partial charge in [-0.15, -0.1) is 0 Å². The average Bonchev–Trinajstić information content (AvgIpc) is 2.02. The minimum Gasteiger partial charge on any atom is -0.396 e. The van der Waals surface area contributed by atoms with E-state index in [9.17, 15) is 0 Å². The summed E-state index contributed by atoms with van der Waals surface area (Å²) in [5, 5.41) is 8.55. The molecule has 0 rings (SSSR count). The highest BCUT2D eigenvalue weighted by molar-refractivity contribution is 5.17. The van der Waals surface area contributed by atoms with Crippen molar-refractivity contribution in [1.82, 2.24) is 4.90 Å². The van der Waals surface area contributed by atoms with Crippen LogP contribution in [-0.4, -0.2) is 30.2 Å². The lowest BCUT2D eigenvalue weighted by Gasteiger charge is -2.18. The van der Waals surface area contributed by atoms with Gasteiger partial charge < -0.3 is 21.5 Å². The Labute approximate surface area is 66.8 Å². The molecule has 0 unspecified atom stereocenters. The molecule has 4 heteroatoms. The molecule has 0 aliphatic rings. The second kappa shape index (κ2) is 4.62. The minimum absolute atomic E-state index is 0.0572. The molecule has 0 saturated heterocycles. The van der Waals surface area contributed by atoms with E-state index in [1.807, 2.05) is 0 Å². The van der Waals surface area contributed by atoms with Gasteiger partial charge in [0, 0.05) is 13.6 Å². The summed E-state index contributed by atoms with van der Waals surface area (Å²) in [7, 11) is 1.75. The molecule has 0 aliphatic carbocycles. The molecule has 0 bridgehead atoms. The highest BCUT2D eigenvalue weighted by Gasteiger charge is 2.00. The number of nitrogens with two attached hydrogens (primary N) is 2. The number of rotatable bonds is 4. The molecular weight excluding hydrogens is 142 g/mol. The van der Waals surface area contributed by atoms with Crippen LogP contribution in [-0.2, 0) is 0 Å². The topological polar surface area (TPSA) is 75.5 Å². The number of aliphatic hydroxyl groups excluding tert-OH is 1. The van der Waals surface area contributed by atoms with Gasteiger partial charge in [0.2, 0.25) is 0 Å². The zero-order valence-electron chi connectivity index (χ0n) is 6.75. The second-order valence-corrected chi connectivity index (χ2v) is 2.19. The van der Waals surface area contributed by atoms with E-state index < -0.39 is 0 Å². The Morgan fingerprint density at radius 2 is 2.18 bits per heavy atom. The standard InChI is InChI=1S/C7H15N3O/c1-3-6(8)7(9)10(2)4-5-11/h3,11H,1,4-5,8-9H2,2H3/b7-6+. The number of aliphatic hydroxyl groups is 1. The molecule has 0 heterocycles. The monoisotopic (exact) mass is 157 g/mol. The van der Waals surface area contributed by atoms with Crippen LogP contribution in [0.3, 0.4) is 0 Å². The van der Waals surface area contributed by atoms with Crippen molar-refractivity contribution in [3.63, 3.8) is 0 Å². The van der Waals surface area contributed by atoms with Crippen LogP contribution in [0.2, 0.25) is 0 Å². The maximum absolute atomic E-state index is 8.55. The van der Waals surface area contributed by atoms with Gasteiger partial charge in [0.1, 0.15) is 5.82 Å². The summed E-state index contributed by atoms with van der Waals surface area (Å²) < 4.78 is 0. The van der Waals surface area contributed by atoms with Gasteiger partial charge in [0.05, 0.1) is 12.3 Å². The van der Waals surface area contributed by atoms with E-state index in [2.05, 4.69) is 6.58 Å². The molecule has 0 aromatic carbocycles. The number of likely N-dealkylation sites (N-methyl/N-ethyl adjacent to an activating group) is 1. The summed E-state index contributed by atoms with van der Waals surface area (Å²) in [5.74, 6) is 0.439. The summed E-state index contributed by atoms with van der Waals surface area (Å²) in [6.07, 6.45) is 1.48. The zero-order valence-corrected chi connectivity index (χ0v) is 6.75. The maximum Gasteiger partial charge on any atom is 0.122 e. The van der Waals surface area contributed by atoms with Crippen molar-refractivity contribution in [1.29, 1.82) is 0 Å². The van der Waals surface area contributed by atoms with E-state index in [-0.39, 0.29) is 6.61 Å². The number of nitrogens with zero attached hydrogens (tertiary/aromatic N) is 1. The van der Waals surface area contributed by atoms with Gasteiger partial charge in [-0.05, 0) is 6.08 Å². The average molecular weight is 157 g/mol. The van der Waals surface area contributed by atoms with Gasteiger partial charge in [-0.1, -0.05) is 6.58 Å². The Morgan fingerprint density at radius 1 is 1.64 bits per heavy atom. The van der Waals surface area contributed by atoms with Gasteiger partial charge in [-0.25, -0.2) is 0 Å². The molecule has 64 valence electrons. The lowest BCUT2D eigenvalue weighted by atomic mass is 10.4. The molecule has 0 aromatic rings. The molecule has 0 saturated carbocycles. The third kappa shape index (κ3) is 2.95. The van der Waals surface area contributed by atoms with Crippen molar-refractivity contribution in [3.05, 3.63) is 24.2 Å². The molecule has 0 amide bonds. The van der Waals surface area contributed by atoms with Crippen LogP contribution in [0.1, 0.15) is 0 Å². The van der Waals surface area contributed by atoms with Crippen molar-refractivity contribution in [2.24, 2.45) is 11.5 Å². The second-order valence-electron chi connectivity index (χ2n) is 2.19. The van der Waals surface area contributed by atoms with E-state index in [1.54, 1.807) is 11.9 Å². The van der Waals surface area contributed by atoms with Crippen LogP contribution in [0.5, 0.6) is 0 Å². The molecule has 0 fully saturated rings. The third-order valence-electron chi connectivity index (χ3n) is 1.36. The highest BCUT2D eigenvalue weighted by atomic mass is 16.3. The lowest BCUT2D eigenvalue weighted by molar-refractivity contribution is 0.244. The summed E-state index contributed by atoms with van der Waals surface area (Å²) >= 11 is 0. The van der Waals surface area contributed by atoms with E-state index in [0.29, 0.717) is 18.1 Å². The van der Waals surface area contributed by atoms with Crippen molar-refractivity contribution < 1.29 is 5.11 Å². The summed E-state index contributed by atoms with van der Waals surface area (Å²) in [4.78, 5) is 1.66. The predicted molar refractivity (Wildman–Crippen MR) is 45.3 cm³/mol. The summed E-state index contributed by atoms with van der Waals surface area (Å²) in [6, 6.07) is 0. The lowest BCUT2D eigenvalue weighted by Crippen LogP contribution is -2.29. The Balaban J connectivity index is 4.20. The van der Waals surface area contributed by atoms with Gasteiger partial charge in [-0.2, -0.15) is 0 Å². The smallest absolute Gasteiger partial charge is 0.122 e. The van der Waals surface area contributed by atoms with E-state index >= 15 is 0 Å². The fourth-order valence-electron chi connectivity index (χ4n) is 0.595. The van der Waals surface area contributed by atoms with Crippen LogP contribution < -0.4 is 11.5 Å². The molecule has 5 N–H and O–H groups in total. The van der Waals surface area contributed by atoms with E-state index in [4.69, 9.17) is 16.6 Å². The molecule has 0 spiro atoms. The molecule has 0 aromatic heterocycles. The Morgan fingerprint density at radius 3 is 2.55 bits per heavy atom. The van der Waals surface area contributed by atoms with Crippen LogP contribution >= 0.6 is 0 Å². The zero-order chi connectivity index (χ0) is 8.85. The van der Waals surface area contributed by atoms with Gasteiger partial charge in [0.15, 0.2) is 0 Å². The number of hydrogen-bond donors (Lipinski definition) is 3. The Hall–Kier alpha value is -1.16. The molecule has 0 radical (unpaired) electrons. The molecule has 0 aliphatic heterocycles. The summed E-state index contributed by atoms with van der Waals surface area (Å²) in [6.45, 7) is 4.00. The first-order valence-electron chi connectivity index (χ1n) is 3.33. The van der Waals surface area contributed by atoms with E-state index in [1.165, 1.54) is 6.08 Å². The van der Waals surface area contributed by atoms with Gasteiger partial charge >= 0.3 is 0 Å². The fourth-order valence-corrected chi connectivity index (χ4v) is 0.595. The highest BCUT2D eigenvalue weighted by Crippen LogP contribution is 1.96. The molecule has 4 nitrogen and oxygen atoms in total. The van der Waals surface area contributed by atoms with E-state index in [0.717, 1.165) is 0 Å². The van der Waals surface area contributed by atoms with Crippen molar-refractivity contribution in [2.45, 2.75) is 0 Å². The maximum atomic E-state index is 8.55. The summed E-state index contributed by atoms with van der Waals surface area (Å²) in [5.41, 5.74) is 11.4. The SMILES string of the molecule is C=C/C(N)=C(/N)N(C)CCO. The van der Waals surface area contributed by atoms with Crippen molar-refractivity contribution in [2.75, 3.05) is 20.2 Å². The van der Waals surface area contributed by atoms with Gasteiger partial charge in [-0.3, -0.25) is 0 Å².